The van der Waals surface area contributed by atoms with E-state index < -0.39 is 86.2 Å². The summed E-state index contributed by atoms with van der Waals surface area (Å²) >= 11 is 0. The number of ether oxygens (including phenoxy) is 10. The molecule has 3 heterocycles. The molecule has 0 aromatic carbocycles. The van der Waals surface area contributed by atoms with Crippen LogP contribution in [0.2, 0.25) is 0 Å². The zero-order chi connectivity index (χ0) is 74.9. The van der Waals surface area contributed by atoms with Gasteiger partial charge in [0.05, 0.1) is 39.5 Å². The number of nitrogens with zero attached hydrogens (tertiary/aromatic N) is 3. The van der Waals surface area contributed by atoms with Gasteiger partial charge in [0.2, 0.25) is 16.3 Å². The SMILES string of the molecule is CCCCOc1c(C(=O)NCC23CC4(CNC(=O)OC(C)(C)C)CC(CNC(=O)c5c(OCCCC)c(=O)ccn5CC(OCCCC)OCCCC)(C2)CC(CNC(=O)c2c(OCCCC)c(=O)ccn2CC(OCCCC)OCCCC)(C4)C3)n(CC(OCCCC)OCCCC)ccc1=O. The number of carbonyl (C=O) groups is 4. The van der Waals surface area contributed by atoms with Crippen molar-refractivity contribution in [1.29, 1.82) is 0 Å². The lowest BCUT2D eigenvalue weighted by molar-refractivity contribution is -0.194. The third-order valence-corrected chi connectivity index (χ3v) is 19.5. The van der Waals surface area contributed by atoms with E-state index >= 15 is 14.4 Å². The first-order valence-corrected chi connectivity index (χ1v) is 39.1. The minimum atomic E-state index is -0.837. The van der Waals surface area contributed by atoms with Gasteiger partial charge in [-0.15, -0.1) is 0 Å². The first-order chi connectivity index (χ1) is 49.5. The van der Waals surface area contributed by atoms with Crippen molar-refractivity contribution in [3.63, 3.8) is 0 Å². The molecule has 4 fully saturated rings. The van der Waals surface area contributed by atoms with Crippen LogP contribution in [-0.2, 0) is 52.8 Å². The van der Waals surface area contributed by atoms with Gasteiger partial charge in [-0.25, -0.2) is 4.79 Å². The average Bonchev–Trinajstić information content (AvgIpc) is 0.686. The highest BCUT2D eigenvalue weighted by Crippen LogP contribution is 2.73. The Morgan fingerprint density at radius 1 is 0.369 bits per heavy atom. The molecule has 0 aliphatic heterocycles. The second kappa shape index (κ2) is 43.3. The highest BCUT2D eigenvalue weighted by molar-refractivity contribution is 5.96. The highest BCUT2D eigenvalue weighted by Gasteiger charge is 2.68. The molecule has 7 rings (SSSR count). The van der Waals surface area contributed by atoms with Crippen molar-refractivity contribution in [1.82, 2.24) is 35.0 Å². The van der Waals surface area contributed by atoms with Crippen LogP contribution in [0.1, 0.15) is 269 Å². The Morgan fingerprint density at radius 2 is 0.592 bits per heavy atom. The van der Waals surface area contributed by atoms with Crippen LogP contribution in [0.15, 0.2) is 51.2 Å². The van der Waals surface area contributed by atoms with E-state index in [4.69, 9.17) is 47.4 Å². The molecule has 103 heavy (non-hydrogen) atoms. The number of nitrogens with one attached hydrogen (secondary N) is 4. The van der Waals surface area contributed by atoms with Crippen molar-refractivity contribution in [3.8, 4) is 17.2 Å². The Hall–Kier alpha value is -6.31. The summed E-state index contributed by atoms with van der Waals surface area (Å²) in [4.78, 5) is 103. The molecule has 4 bridgehead atoms. The van der Waals surface area contributed by atoms with Crippen LogP contribution in [0.3, 0.4) is 0 Å². The minimum Gasteiger partial charge on any atom is -0.487 e. The number of unbranched alkanes of at least 4 members (excludes halogenated alkanes) is 9. The lowest BCUT2D eigenvalue weighted by Gasteiger charge is -2.71. The summed E-state index contributed by atoms with van der Waals surface area (Å²) in [5.74, 6) is -1.97. The van der Waals surface area contributed by atoms with Gasteiger partial charge in [-0.3, -0.25) is 28.8 Å². The first kappa shape index (κ1) is 85.6. The second-order valence-corrected chi connectivity index (χ2v) is 30.2. The van der Waals surface area contributed by atoms with Gasteiger partial charge in [0.15, 0.2) is 53.2 Å². The third kappa shape index (κ3) is 26.3. The van der Waals surface area contributed by atoms with Crippen molar-refractivity contribution in [3.05, 3.63) is 84.5 Å². The zero-order valence-corrected chi connectivity index (χ0v) is 64.8. The number of hydrogen-bond acceptors (Lipinski definition) is 17. The van der Waals surface area contributed by atoms with Gasteiger partial charge in [0.1, 0.15) is 5.60 Å². The van der Waals surface area contributed by atoms with E-state index in [1.807, 2.05) is 20.8 Å². The third-order valence-electron chi connectivity index (χ3n) is 19.5. The van der Waals surface area contributed by atoms with Crippen molar-refractivity contribution in [2.75, 3.05) is 85.6 Å². The molecular formula is C79H129N7O17. The molecule has 0 spiro atoms. The maximum absolute atomic E-state index is 15.7. The molecule has 0 radical (unpaired) electrons. The van der Waals surface area contributed by atoms with E-state index in [1.54, 1.807) is 53.1 Å². The summed E-state index contributed by atoms with van der Waals surface area (Å²) in [5, 5.41) is 13.2. The second-order valence-electron chi connectivity index (χ2n) is 30.2. The number of pyridine rings is 3. The average molecular weight is 1450 g/mol. The van der Waals surface area contributed by atoms with E-state index in [0.717, 1.165) is 96.3 Å². The normalized spacial score (nSPS) is 19.1. The van der Waals surface area contributed by atoms with Gasteiger partial charge in [-0.1, -0.05) is 120 Å². The Balaban J connectivity index is 1.53. The van der Waals surface area contributed by atoms with Crippen LogP contribution in [0, 0.1) is 21.7 Å². The summed E-state index contributed by atoms with van der Waals surface area (Å²) in [6, 6.07) is 4.20. The minimum absolute atomic E-state index is 0.0149. The smallest absolute Gasteiger partial charge is 0.407 e. The maximum Gasteiger partial charge on any atom is 0.407 e. The number of aromatic nitrogens is 3. The predicted octanol–water partition coefficient (Wildman–Crippen LogP) is 13.0. The molecule has 582 valence electrons. The molecular weight excluding hydrogens is 1320 g/mol. The van der Waals surface area contributed by atoms with Crippen LogP contribution in [0.4, 0.5) is 4.79 Å². The molecule has 4 saturated carbocycles. The molecule has 24 nitrogen and oxygen atoms in total. The summed E-state index contributed by atoms with van der Waals surface area (Å²) < 4.78 is 67.8. The van der Waals surface area contributed by atoms with E-state index in [1.165, 1.54) is 18.2 Å². The van der Waals surface area contributed by atoms with Crippen molar-refractivity contribution >= 4 is 23.8 Å². The van der Waals surface area contributed by atoms with Gasteiger partial charge in [-0.2, -0.15) is 0 Å². The number of hydrogen-bond donors (Lipinski definition) is 4. The van der Waals surface area contributed by atoms with Gasteiger partial charge in [-0.05, 0) is 139 Å². The fourth-order valence-electron chi connectivity index (χ4n) is 15.2. The largest absolute Gasteiger partial charge is 0.487 e. The quantitative estimate of drug-likeness (QED) is 0.0302. The Morgan fingerprint density at radius 3 is 0.816 bits per heavy atom. The molecule has 4 aliphatic carbocycles. The summed E-state index contributed by atoms with van der Waals surface area (Å²) in [5.41, 5.74) is -5.41. The van der Waals surface area contributed by atoms with Gasteiger partial charge < -0.3 is 82.3 Å². The van der Waals surface area contributed by atoms with Gasteiger partial charge in [0.25, 0.3) is 17.7 Å². The van der Waals surface area contributed by atoms with Gasteiger partial charge in [0, 0.05) is 103 Å². The molecule has 24 heteroatoms. The predicted molar refractivity (Wildman–Crippen MR) is 399 cm³/mol. The number of alkyl carbamates (subject to hydrolysis) is 1. The summed E-state index contributed by atoms with van der Waals surface area (Å²) in [7, 11) is 0. The van der Waals surface area contributed by atoms with Crippen molar-refractivity contribution in [2.45, 2.75) is 281 Å². The number of carbonyl (C=O) groups excluding carboxylic acids is 4. The van der Waals surface area contributed by atoms with Crippen LogP contribution in [-0.4, -0.2) is 148 Å². The van der Waals surface area contributed by atoms with E-state index in [2.05, 4.69) is 62.8 Å². The number of rotatable bonds is 53. The Labute approximate surface area is 613 Å². The molecule has 0 saturated heterocycles. The molecule has 0 atom stereocenters. The highest BCUT2D eigenvalue weighted by atomic mass is 16.7. The van der Waals surface area contributed by atoms with E-state index in [9.17, 15) is 19.2 Å². The molecule has 4 amide bonds. The Bertz CT molecular complexity index is 2920. The maximum atomic E-state index is 15.7. The van der Waals surface area contributed by atoms with Crippen LogP contribution in [0.5, 0.6) is 17.2 Å². The van der Waals surface area contributed by atoms with Crippen molar-refractivity contribution in [2.24, 2.45) is 21.7 Å². The van der Waals surface area contributed by atoms with Crippen LogP contribution in [0.25, 0.3) is 0 Å². The van der Waals surface area contributed by atoms with Crippen molar-refractivity contribution < 1.29 is 66.5 Å². The summed E-state index contributed by atoms with van der Waals surface area (Å²) in [6.07, 6.45) is 19.0. The van der Waals surface area contributed by atoms with Crippen LogP contribution < -0.4 is 51.8 Å². The molecule has 3 aromatic rings. The molecule has 4 N–H and O–H groups in total. The fourth-order valence-corrected chi connectivity index (χ4v) is 15.2. The van der Waals surface area contributed by atoms with E-state index in [-0.39, 0.29) is 100.0 Å². The Kier molecular flexibility index (Phi) is 36.0. The van der Waals surface area contributed by atoms with E-state index in [0.29, 0.717) is 97.4 Å². The summed E-state index contributed by atoms with van der Waals surface area (Å²) in [6.45, 7) is 27.6. The molecule has 4 aliphatic rings. The van der Waals surface area contributed by atoms with Gasteiger partial charge >= 0.3 is 6.09 Å². The number of amides is 4. The first-order valence-electron chi connectivity index (χ1n) is 39.1. The standard InChI is InChI=1S/C79H129N7O17/c1-13-22-37-94-62(95-38-23-14-2)46-84-34-31-59(87)68(100-43-28-19-7)65(84)71(90)80-55-76-49-77(56-81-72(91)66-69(101-44-29-20-8)60(88)32-35-85(66)47-63(96-39-24-15-3)97-40-25-16-4)51-78(50-76,54-79(52-76,53-77)58-83-74(93)103-75(10,11)12)57-82-73(92)67-70(102-45-30-21-9)61(89)33-36-86(67)48-64(98-41-26-17-5)99-42-27-18-6/h31-36,62-64H,13-30,37-58H2,1-12H3,(H,80,90)(H,81,91)(H,82,92)(H,83,93). The topological polar surface area (TPSA) is 275 Å². The molecule has 0 unspecified atom stereocenters. The zero-order valence-electron chi connectivity index (χ0n) is 64.8. The lowest BCUT2D eigenvalue weighted by Crippen LogP contribution is -2.68. The monoisotopic (exact) mass is 1450 g/mol. The molecule has 3 aromatic heterocycles. The van der Waals surface area contributed by atoms with Crippen LogP contribution >= 0.6 is 0 Å². The lowest BCUT2D eigenvalue weighted by atomic mass is 9.35. The fraction of sp³-hybridized carbons (Fsp3) is 0.759.